The van der Waals surface area contributed by atoms with Gasteiger partial charge in [-0.05, 0) is 19.9 Å². The molecule has 11 heavy (non-hydrogen) atoms. The van der Waals surface area contributed by atoms with Gasteiger partial charge in [-0.1, -0.05) is 0 Å². The molecule has 0 spiro atoms. The minimum atomic E-state index is -2.23. The maximum atomic E-state index is 11.8. The first kappa shape index (κ1) is 8.87. The van der Waals surface area contributed by atoms with Gasteiger partial charge in [-0.25, -0.2) is 8.78 Å². The van der Waals surface area contributed by atoms with Gasteiger partial charge in [-0.15, -0.1) is 0 Å². The van der Waals surface area contributed by atoms with Crippen molar-refractivity contribution in [2.75, 3.05) is 13.6 Å². The van der Waals surface area contributed by atoms with Crippen LogP contribution >= 0.6 is 0 Å². The van der Waals surface area contributed by atoms with Crippen molar-refractivity contribution in [3.05, 3.63) is 0 Å². The maximum absolute atomic E-state index is 11.8. The van der Waals surface area contributed by atoms with Crippen LogP contribution in [0.1, 0.15) is 12.8 Å². The summed E-state index contributed by atoms with van der Waals surface area (Å²) in [5.41, 5.74) is 5.52. The predicted molar refractivity (Wildman–Crippen MR) is 39.6 cm³/mol. The zero-order valence-electron chi connectivity index (χ0n) is 6.63. The molecule has 0 aromatic rings. The third kappa shape index (κ3) is 2.38. The van der Waals surface area contributed by atoms with Crippen LogP contribution in [0.25, 0.3) is 0 Å². The van der Waals surface area contributed by atoms with E-state index in [0.717, 1.165) is 12.8 Å². The fourth-order valence-electron chi connectivity index (χ4n) is 1.36. The molecule has 0 amide bonds. The Hall–Kier alpha value is -0.220. The van der Waals surface area contributed by atoms with Crippen LogP contribution in [0.5, 0.6) is 0 Å². The molecule has 0 heterocycles. The molecule has 0 bridgehead atoms. The second-order valence-corrected chi connectivity index (χ2v) is 3.22. The highest BCUT2D eigenvalue weighted by Gasteiger charge is 2.30. The molecule has 0 radical (unpaired) electrons. The van der Waals surface area contributed by atoms with Crippen molar-refractivity contribution in [2.45, 2.75) is 31.4 Å². The number of nitrogens with zero attached hydrogens (tertiary/aromatic N) is 1. The molecule has 0 saturated heterocycles. The van der Waals surface area contributed by atoms with Crippen LogP contribution in [-0.4, -0.2) is 37.0 Å². The normalized spacial score (nSPS) is 31.1. The SMILES string of the molecule is CN(CC(F)F)C1CC(N)C1. The van der Waals surface area contributed by atoms with Crippen molar-refractivity contribution in [3.63, 3.8) is 0 Å². The number of halogens is 2. The number of rotatable bonds is 3. The summed E-state index contributed by atoms with van der Waals surface area (Å²) in [4.78, 5) is 1.69. The predicted octanol–water partition coefficient (Wildman–Crippen LogP) is 0.673. The van der Waals surface area contributed by atoms with Crippen molar-refractivity contribution in [1.29, 1.82) is 0 Å². The summed E-state index contributed by atoms with van der Waals surface area (Å²) < 4.78 is 23.7. The van der Waals surface area contributed by atoms with E-state index in [0.29, 0.717) is 6.04 Å². The zero-order chi connectivity index (χ0) is 8.43. The summed E-state index contributed by atoms with van der Waals surface area (Å²) in [6.45, 7) is -0.128. The highest BCUT2D eigenvalue weighted by molar-refractivity contribution is 4.88. The summed E-state index contributed by atoms with van der Waals surface area (Å²) in [5, 5.41) is 0. The van der Waals surface area contributed by atoms with Gasteiger partial charge in [-0.3, -0.25) is 4.90 Å². The van der Waals surface area contributed by atoms with Crippen molar-refractivity contribution < 1.29 is 8.78 Å². The van der Waals surface area contributed by atoms with Gasteiger partial charge >= 0.3 is 0 Å². The van der Waals surface area contributed by atoms with E-state index < -0.39 is 6.43 Å². The summed E-state index contributed by atoms with van der Waals surface area (Å²) in [7, 11) is 1.72. The van der Waals surface area contributed by atoms with Crippen molar-refractivity contribution >= 4 is 0 Å². The van der Waals surface area contributed by atoms with E-state index in [1.165, 1.54) is 0 Å². The van der Waals surface area contributed by atoms with Gasteiger partial charge in [0, 0.05) is 12.1 Å². The molecule has 0 aromatic heterocycles. The molecule has 1 aliphatic rings. The van der Waals surface area contributed by atoms with Gasteiger partial charge in [0.1, 0.15) is 0 Å². The smallest absolute Gasteiger partial charge is 0.251 e. The molecule has 4 heteroatoms. The van der Waals surface area contributed by atoms with E-state index in [9.17, 15) is 8.78 Å². The van der Waals surface area contributed by atoms with Crippen LogP contribution in [-0.2, 0) is 0 Å². The molecular formula is C7H14F2N2. The Morgan fingerprint density at radius 3 is 2.45 bits per heavy atom. The number of hydrogen-bond acceptors (Lipinski definition) is 2. The lowest BCUT2D eigenvalue weighted by Gasteiger charge is -2.39. The quantitative estimate of drug-likeness (QED) is 0.664. The second kappa shape index (κ2) is 3.45. The zero-order valence-corrected chi connectivity index (χ0v) is 6.63. The first-order valence-corrected chi connectivity index (χ1v) is 3.83. The molecule has 1 aliphatic carbocycles. The summed E-state index contributed by atoms with van der Waals surface area (Å²) in [6, 6.07) is 0.527. The summed E-state index contributed by atoms with van der Waals surface area (Å²) in [6.07, 6.45) is -0.497. The molecular weight excluding hydrogens is 150 g/mol. The molecule has 1 rings (SSSR count). The van der Waals surface area contributed by atoms with Crippen LogP contribution in [0, 0.1) is 0 Å². The minimum absolute atomic E-state index is 0.128. The molecule has 1 saturated carbocycles. The molecule has 1 fully saturated rings. The third-order valence-electron chi connectivity index (χ3n) is 2.20. The van der Waals surface area contributed by atoms with Gasteiger partial charge in [-0.2, -0.15) is 0 Å². The molecule has 66 valence electrons. The Labute approximate surface area is 65.4 Å². The Bertz CT molecular complexity index is 124. The van der Waals surface area contributed by atoms with E-state index in [2.05, 4.69) is 0 Å². The molecule has 0 atom stereocenters. The standard InChI is InChI=1S/C7H14F2N2/c1-11(4-7(8)9)6-2-5(10)3-6/h5-7H,2-4,10H2,1H3. The van der Waals surface area contributed by atoms with Crippen molar-refractivity contribution in [2.24, 2.45) is 5.73 Å². The Morgan fingerprint density at radius 1 is 1.55 bits per heavy atom. The van der Waals surface area contributed by atoms with Crippen LogP contribution in [0.2, 0.25) is 0 Å². The van der Waals surface area contributed by atoms with E-state index in [1.54, 1.807) is 11.9 Å². The molecule has 0 aliphatic heterocycles. The Balaban J connectivity index is 2.16. The summed E-state index contributed by atoms with van der Waals surface area (Å²) in [5.74, 6) is 0. The van der Waals surface area contributed by atoms with Gasteiger partial charge in [0.25, 0.3) is 6.43 Å². The number of hydrogen-bond donors (Lipinski definition) is 1. The monoisotopic (exact) mass is 164 g/mol. The van der Waals surface area contributed by atoms with Crippen molar-refractivity contribution in [3.8, 4) is 0 Å². The average Bonchev–Trinajstić information content (AvgIpc) is 1.79. The lowest BCUT2D eigenvalue weighted by Crippen LogP contribution is -2.50. The van der Waals surface area contributed by atoms with Gasteiger partial charge in [0.05, 0.1) is 6.54 Å². The molecule has 2 nitrogen and oxygen atoms in total. The van der Waals surface area contributed by atoms with Gasteiger partial charge < -0.3 is 5.73 Å². The average molecular weight is 164 g/mol. The van der Waals surface area contributed by atoms with E-state index >= 15 is 0 Å². The topological polar surface area (TPSA) is 29.3 Å². The highest BCUT2D eigenvalue weighted by Crippen LogP contribution is 2.22. The van der Waals surface area contributed by atoms with Crippen LogP contribution < -0.4 is 5.73 Å². The largest absolute Gasteiger partial charge is 0.328 e. The first-order valence-electron chi connectivity index (χ1n) is 3.83. The fourth-order valence-corrected chi connectivity index (χ4v) is 1.36. The van der Waals surface area contributed by atoms with Crippen LogP contribution in [0.3, 0.4) is 0 Å². The van der Waals surface area contributed by atoms with E-state index in [-0.39, 0.29) is 12.6 Å². The Kier molecular flexibility index (Phi) is 2.78. The maximum Gasteiger partial charge on any atom is 0.251 e. The summed E-state index contributed by atoms with van der Waals surface area (Å²) >= 11 is 0. The number of nitrogens with two attached hydrogens (primary N) is 1. The third-order valence-corrected chi connectivity index (χ3v) is 2.20. The fraction of sp³-hybridized carbons (Fsp3) is 1.00. The lowest BCUT2D eigenvalue weighted by molar-refractivity contribution is 0.0526. The van der Waals surface area contributed by atoms with Crippen LogP contribution in [0.4, 0.5) is 8.78 Å². The lowest BCUT2D eigenvalue weighted by atomic mass is 9.86. The van der Waals surface area contributed by atoms with Gasteiger partial charge in [0.15, 0.2) is 0 Å². The van der Waals surface area contributed by atoms with Gasteiger partial charge in [0.2, 0.25) is 0 Å². The minimum Gasteiger partial charge on any atom is -0.328 e. The van der Waals surface area contributed by atoms with Crippen molar-refractivity contribution in [1.82, 2.24) is 4.90 Å². The Morgan fingerprint density at radius 2 is 2.09 bits per heavy atom. The molecule has 0 aromatic carbocycles. The first-order chi connectivity index (χ1) is 5.09. The van der Waals surface area contributed by atoms with E-state index in [4.69, 9.17) is 5.73 Å². The molecule has 2 N–H and O–H groups in total. The van der Waals surface area contributed by atoms with E-state index in [1.807, 2.05) is 0 Å². The molecule has 0 unspecified atom stereocenters. The number of alkyl halides is 2. The second-order valence-electron chi connectivity index (χ2n) is 3.22. The van der Waals surface area contributed by atoms with Crippen LogP contribution in [0.15, 0.2) is 0 Å². The highest BCUT2D eigenvalue weighted by atomic mass is 19.3.